The van der Waals surface area contributed by atoms with Crippen LogP contribution in [0.15, 0.2) is 11.0 Å². The lowest BCUT2D eigenvalue weighted by molar-refractivity contribution is -0.177. The highest BCUT2D eigenvalue weighted by molar-refractivity contribution is 7.93. The monoisotopic (exact) mass is 288 g/mol. The number of sulfone groups is 1. The molecule has 1 saturated heterocycles. The highest BCUT2D eigenvalue weighted by Crippen LogP contribution is 2.51. The topological polar surface area (TPSA) is 52.6 Å². The fourth-order valence-corrected chi connectivity index (χ4v) is 3.62. The first-order valence-electron chi connectivity index (χ1n) is 6.93. The SMILES string of the molecule is CC1(C)C(=CS(C)(=O)=O)CC1COC1CCCCO1. The first-order chi connectivity index (χ1) is 8.79. The molecule has 1 aliphatic carbocycles. The van der Waals surface area contributed by atoms with Gasteiger partial charge in [0.05, 0.1) is 6.61 Å². The van der Waals surface area contributed by atoms with Crippen molar-refractivity contribution in [2.24, 2.45) is 11.3 Å². The molecule has 0 N–H and O–H groups in total. The fraction of sp³-hybridized carbons (Fsp3) is 0.857. The zero-order valence-electron chi connectivity index (χ0n) is 12.0. The summed E-state index contributed by atoms with van der Waals surface area (Å²) in [5, 5.41) is 1.42. The van der Waals surface area contributed by atoms with E-state index in [4.69, 9.17) is 9.47 Å². The lowest BCUT2D eigenvalue weighted by Gasteiger charge is -2.47. The molecular formula is C14H24O4S. The van der Waals surface area contributed by atoms with E-state index in [1.54, 1.807) is 0 Å². The summed E-state index contributed by atoms with van der Waals surface area (Å²) in [6.07, 6.45) is 5.25. The van der Waals surface area contributed by atoms with Crippen LogP contribution in [0.2, 0.25) is 0 Å². The van der Waals surface area contributed by atoms with E-state index in [0.717, 1.165) is 37.9 Å². The van der Waals surface area contributed by atoms with E-state index in [1.807, 2.05) is 0 Å². The molecule has 0 spiro atoms. The highest BCUT2D eigenvalue weighted by atomic mass is 32.2. The second-order valence-electron chi connectivity index (χ2n) is 6.22. The van der Waals surface area contributed by atoms with Gasteiger partial charge in [-0.1, -0.05) is 19.4 Å². The molecule has 0 bridgehead atoms. The molecule has 2 rings (SSSR count). The molecule has 19 heavy (non-hydrogen) atoms. The molecule has 1 saturated carbocycles. The van der Waals surface area contributed by atoms with Crippen LogP contribution in [0, 0.1) is 11.3 Å². The first-order valence-corrected chi connectivity index (χ1v) is 8.89. The lowest BCUT2D eigenvalue weighted by atomic mass is 9.59. The molecule has 110 valence electrons. The molecule has 2 unspecified atom stereocenters. The van der Waals surface area contributed by atoms with Gasteiger partial charge < -0.3 is 9.47 Å². The van der Waals surface area contributed by atoms with Crippen molar-refractivity contribution in [2.75, 3.05) is 19.5 Å². The van der Waals surface area contributed by atoms with Gasteiger partial charge in [0, 0.05) is 18.3 Å². The van der Waals surface area contributed by atoms with E-state index in [9.17, 15) is 8.42 Å². The second-order valence-corrected chi connectivity index (χ2v) is 8.12. The maximum atomic E-state index is 11.3. The van der Waals surface area contributed by atoms with E-state index in [-0.39, 0.29) is 11.7 Å². The van der Waals surface area contributed by atoms with Crippen LogP contribution in [0.5, 0.6) is 0 Å². The van der Waals surface area contributed by atoms with E-state index in [1.165, 1.54) is 11.7 Å². The Balaban J connectivity index is 1.86. The van der Waals surface area contributed by atoms with Crippen LogP contribution in [0.25, 0.3) is 0 Å². The summed E-state index contributed by atoms with van der Waals surface area (Å²) in [5.74, 6) is 0.381. The molecule has 1 aliphatic heterocycles. The summed E-state index contributed by atoms with van der Waals surface area (Å²) in [5.41, 5.74) is 0.922. The van der Waals surface area contributed by atoms with E-state index in [0.29, 0.717) is 12.5 Å². The molecule has 1 heterocycles. The number of hydrogen-bond acceptors (Lipinski definition) is 4. The summed E-state index contributed by atoms with van der Waals surface area (Å²) in [6, 6.07) is 0. The van der Waals surface area contributed by atoms with Crippen molar-refractivity contribution < 1.29 is 17.9 Å². The Morgan fingerprint density at radius 1 is 1.42 bits per heavy atom. The van der Waals surface area contributed by atoms with Crippen LogP contribution in [0.4, 0.5) is 0 Å². The molecule has 0 aromatic carbocycles. The van der Waals surface area contributed by atoms with Gasteiger partial charge in [-0.3, -0.25) is 0 Å². The molecule has 0 radical (unpaired) electrons. The van der Waals surface area contributed by atoms with Gasteiger partial charge in [-0.05, 0) is 37.0 Å². The Labute approximate surface area is 116 Å². The largest absolute Gasteiger partial charge is 0.353 e. The van der Waals surface area contributed by atoms with Crippen molar-refractivity contribution in [3.8, 4) is 0 Å². The van der Waals surface area contributed by atoms with Crippen LogP contribution in [-0.2, 0) is 19.3 Å². The maximum absolute atomic E-state index is 11.3. The molecule has 2 atom stereocenters. The summed E-state index contributed by atoms with van der Waals surface area (Å²) >= 11 is 0. The number of allylic oxidation sites excluding steroid dienone is 1. The molecule has 5 heteroatoms. The van der Waals surface area contributed by atoms with Crippen LogP contribution in [0.3, 0.4) is 0 Å². The molecular weight excluding hydrogens is 264 g/mol. The minimum Gasteiger partial charge on any atom is -0.353 e. The lowest BCUT2D eigenvalue weighted by Crippen LogP contribution is -2.42. The predicted molar refractivity (Wildman–Crippen MR) is 74.4 cm³/mol. The molecule has 2 fully saturated rings. The van der Waals surface area contributed by atoms with Crippen LogP contribution in [0.1, 0.15) is 39.5 Å². The summed E-state index contributed by atoms with van der Waals surface area (Å²) < 4.78 is 34.0. The summed E-state index contributed by atoms with van der Waals surface area (Å²) in [7, 11) is -3.04. The smallest absolute Gasteiger partial charge is 0.168 e. The molecule has 0 amide bonds. The Morgan fingerprint density at radius 2 is 2.16 bits per heavy atom. The molecule has 4 nitrogen and oxygen atoms in total. The van der Waals surface area contributed by atoms with Gasteiger partial charge in [0.2, 0.25) is 0 Å². The number of hydrogen-bond donors (Lipinski definition) is 0. The zero-order chi connectivity index (χ0) is 14.1. The third kappa shape index (κ3) is 3.80. The second kappa shape index (κ2) is 5.54. The van der Waals surface area contributed by atoms with Crippen molar-refractivity contribution in [3.63, 3.8) is 0 Å². The third-order valence-electron chi connectivity index (χ3n) is 4.29. The summed E-state index contributed by atoms with van der Waals surface area (Å²) in [4.78, 5) is 0. The van der Waals surface area contributed by atoms with Crippen LogP contribution >= 0.6 is 0 Å². The van der Waals surface area contributed by atoms with Gasteiger partial charge in [-0.25, -0.2) is 8.42 Å². The Hall–Kier alpha value is -0.390. The maximum Gasteiger partial charge on any atom is 0.168 e. The zero-order valence-corrected chi connectivity index (χ0v) is 12.8. The van der Waals surface area contributed by atoms with Crippen LogP contribution in [-0.4, -0.2) is 34.2 Å². The molecule has 0 aromatic heterocycles. The van der Waals surface area contributed by atoms with Gasteiger partial charge in [0.15, 0.2) is 16.1 Å². The van der Waals surface area contributed by atoms with Crippen molar-refractivity contribution in [1.29, 1.82) is 0 Å². The van der Waals surface area contributed by atoms with Gasteiger partial charge in [-0.2, -0.15) is 0 Å². The van der Waals surface area contributed by atoms with Gasteiger partial charge >= 0.3 is 0 Å². The average Bonchev–Trinajstić information content (AvgIpc) is 2.33. The van der Waals surface area contributed by atoms with E-state index in [2.05, 4.69) is 13.8 Å². The highest BCUT2D eigenvalue weighted by Gasteiger charge is 2.44. The van der Waals surface area contributed by atoms with E-state index < -0.39 is 9.84 Å². The quantitative estimate of drug-likeness (QED) is 0.797. The molecule has 0 aromatic rings. The minimum absolute atomic E-state index is 0.0625. The average molecular weight is 288 g/mol. The van der Waals surface area contributed by atoms with Gasteiger partial charge in [0.1, 0.15) is 0 Å². The predicted octanol–water partition coefficient (Wildman–Crippen LogP) is 2.50. The van der Waals surface area contributed by atoms with Crippen molar-refractivity contribution in [2.45, 2.75) is 45.8 Å². The number of rotatable bonds is 4. The fourth-order valence-electron chi connectivity index (χ4n) is 2.71. The Morgan fingerprint density at radius 3 is 2.68 bits per heavy atom. The third-order valence-corrected chi connectivity index (χ3v) is 5.00. The van der Waals surface area contributed by atoms with Crippen molar-refractivity contribution in [1.82, 2.24) is 0 Å². The van der Waals surface area contributed by atoms with Crippen LogP contribution < -0.4 is 0 Å². The van der Waals surface area contributed by atoms with Gasteiger partial charge in [-0.15, -0.1) is 0 Å². The van der Waals surface area contributed by atoms with Gasteiger partial charge in [0.25, 0.3) is 0 Å². The van der Waals surface area contributed by atoms with Crippen molar-refractivity contribution in [3.05, 3.63) is 11.0 Å². The Kier molecular flexibility index (Phi) is 4.38. The Bertz CT molecular complexity index is 444. The normalized spacial score (nSPS) is 33.1. The first kappa shape index (κ1) is 15.0. The minimum atomic E-state index is -3.04. The number of ether oxygens (including phenoxy) is 2. The molecule has 2 aliphatic rings. The standard InChI is InChI=1S/C14H24O4S/c1-14(2)11(8-12(14)10-19(3,15)16)9-18-13-6-4-5-7-17-13/h10-11,13H,4-9H2,1-3H3. The van der Waals surface area contributed by atoms with Crippen molar-refractivity contribution >= 4 is 9.84 Å². The summed E-state index contributed by atoms with van der Waals surface area (Å²) in [6.45, 7) is 5.61. The van der Waals surface area contributed by atoms with E-state index >= 15 is 0 Å².